The molecule has 0 bridgehead atoms. The molecule has 1 aromatic rings. The van der Waals surface area contributed by atoms with Crippen molar-refractivity contribution in [3.8, 4) is 0 Å². The van der Waals surface area contributed by atoms with Crippen LogP contribution in [0.1, 0.15) is 32.4 Å². The van der Waals surface area contributed by atoms with Gasteiger partial charge >= 0.3 is 0 Å². The van der Waals surface area contributed by atoms with Gasteiger partial charge in [-0.1, -0.05) is 6.92 Å². The fraction of sp³-hybridized carbons (Fsp3) is 0.750. The second kappa shape index (κ2) is 6.01. The lowest BCUT2D eigenvalue weighted by Gasteiger charge is -2.23. The van der Waals surface area contributed by atoms with Gasteiger partial charge in [-0.15, -0.1) is 0 Å². The van der Waals surface area contributed by atoms with Gasteiger partial charge in [0, 0.05) is 18.9 Å². The molecule has 0 saturated carbocycles. The summed E-state index contributed by atoms with van der Waals surface area (Å²) in [5.41, 5.74) is 0.579. The quantitative estimate of drug-likeness (QED) is 0.683. The molecule has 0 aliphatic heterocycles. The van der Waals surface area contributed by atoms with Crippen molar-refractivity contribution in [1.82, 2.24) is 15.1 Å². The third-order valence-corrected chi connectivity index (χ3v) is 2.93. The zero-order valence-electron chi connectivity index (χ0n) is 10.5. The van der Waals surface area contributed by atoms with Crippen LogP contribution in [0.2, 0.25) is 0 Å². The predicted molar refractivity (Wildman–Crippen MR) is 65.3 cm³/mol. The molecule has 92 valence electrons. The Morgan fingerprint density at radius 2 is 2.25 bits per heavy atom. The van der Waals surface area contributed by atoms with Crippen molar-refractivity contribution in [3.63, 3.8) is 0 Å². The fourth-order valence-corrected chi connectivity index (χ4v) is 1.70. The van der Waals surface area contributed by atoms with Crippen LogP contribution in [0.3, 0.4) is 0 Å². The van der Waals surface area contributed by atoms with E-state index in [1.807, 2.05) is 24.7 Å². The maximum absolute atomic E-state index is 10.2. The molecule has 16 heavy (non-hydrogen) atoms. The van der Waals surface area contributed by atoms with Crippen LogP contribution in [-0.2, 0) is 13.5 Å². The SMILES string of the molecule is CCNCCC(C)(O)CCc1ccnn1C. The first-order chi connectivity index (χ1) is 7.55. The van der Waals surface area contributed by atoms with E-state index in [0.29, 0.717) is 0 Å². The van der Waals surface area contributed by atoms with E-state index in [2.05, 4.69) is 17.3 Å². The normalized spacial score (nSPS) is 15.0. The standard InChI is InChI=1S/C12H23N3O/c1-4-13-10-8-12(2,16)7-5-11-6-9-14-15(11)3/h6,9,13,16H,4-5,7-8,10H2,1-3H3. The molecule has 1 unspecified atom stereocenters. The zero-order valence-corrected chi connectivity index (χ0v) is 10.5. The second-order valence-electron chi connectivity index (χ2n) is 4.55. The molecule has 0 aliphatic rings. The topological polar surface area (TPSA) is 50.1 Å². The average Bonchev–Trinajstić information content (AvgIpc) is 2.62. The van der Waals surface area contributed by atoms with E-state index >= 15 is 0 Å². The molecular formula is C12H23N3O. The molecule has 4 nitrogen and oxygen atoms in total. The molecule has 0 saturated heterocycles. The predicted octanol–water partition coefficient (Wildman–Crippen LogP) is 1.10. The Hall–Kier alpha value is -0.870. The van der Waals surface area contributed by atoms with E-state index in [4.69, 9.17) is 0 Å². The molecular weight excluding hydrogens is 202 g/mol. The summed E-state index contributed by atoms with van der Waals surface area (Å²) in [7, 11) is 1.93. The van der Waals surface area contributed by atoms with Crippen molar-refractivity contribution in [3.05, 3.63) is 18.0 Å². The molecule has 0 radical (unpaired) electrons. The molecule has 2 N–H and O–H groups in total. The molecule has 1 aromatic heterocycles. The third kappa shape index (κ3) is 4.33. The van der Waals surface area contributed by atoms with Gasteiger partial charge in [0.05, 0.1) is 5.60 Å². The molecule has 1 heterocycles. The summed E-state index contributed by atoms with van der Waals surface area (Å²) in [6.07, 6.45) is 4.23. The Balaban J connectivity index is 2.33. The summed E-state index contributed by atoms with van der Waals surface area (Å²) in [5.74, 6) is 0. The van der Waals surface area contributed by atoms with Gasteiger partial charge in [0.1, 0.15) is 0 Å². The maximum atomic E-state index is 10.2. The average molecular weight is 225 g/mol. The Labute approximate surface area is 97.7 Å². The highest BCUT2D eigenvalue weighted by molar-refractivity contribution is 5.00. The van der Waals surface area contributed by atoms with Crippen molar-refractivity contribution in [2.45, 2.75) is 38.7 Å². The zero-order chi connectivity index (χ0) is 12.0. The molecule has 1 rings (SSSR count). The van der Waals surface area contributed by atoms with Gasteiger partial charge in [0.25, 0.3) is 0 Å². The van der Waals surface area contributed by atoms with Crippen molar-refractivity contribution in [2.75, 3.05) is 13.1 Å². The lowest BCUT2D eigenvalue weighted by molar-refractivity contribution is 0.0423. The number of nitrogens with zero attached hydrogens (tertiary/aromatic N) is 2. The molecule has 0 fully saturated rings. The van der Waals surface area contributed by atoms with E-state index in [9.17, 15) is 5.11 Å². The van der Waals surface area contributed by atoms with Crippen molar-refractivity contribution < 1.29 is 5.11 Å². The highest BCUT2D eigenvalue weighted by Gasteiger charge is 2.19. The van der Waals surface area contributed by atoms with E-state index in [1.165, 1.54) is 5.69 Å². The number of hydrogen-bond donors (Lipinski definition) is 2. The molecule has 0 spiro atoms. The largest absolute Gasteiger partial charge is 0.390 e. The van der Waals surface area contributed by atoms with E-state index in [-0.39, 0.29) is 0 Å². The van der Waals surface area contributed by atoms with Crippen LogP contribution in [0.15, 0.2) is 12.3 Å². The van der Waals surface area contributed by atoms with Crippen molar-refractivity contribution >= 4 is 0 Å². The molecule has 0 aliphatic carbocycles. The summed E-state index contributed by atoms with van der Waals surface area (Å²) in [5, 5.41) is 17.5. The molecule has 1 atom stereocenters. The number of hydrogen-bond acceptors (Lipinski definition) is 3. The van der Waals surface area contributed by atoms with Crippen LogP contribution in [-0.4, -0.2) is 33.6 Å². The summed E-state index contributed by atoms with van der Waals surface area (Å²) >= 11 is 0. The maximum Gasteiger partial charge on any atom is 0.0635 e. The lowest BCUT2D eigenvalue weighted by atomic mass is 9.95. The number of aromatic nitrogens is 2. The Kier molecular flexibility index (Phi) is 4.96. The third-order valence-electron chi connectivity index (χ3n) is 2.93. The highest BCUT2D eigenvalue weighted by Crippen LogP contribution is 2.16. The summed E-state index contributed by atoms with van der Waals surface area (Å²) in [6.45, 7) is 5.80. The highest BCUT2D eigenvalue weighted by atomic mass is 16.3. The van der Waals surface area contributed by atoms with E-state index in [0.717, 1.165) is 32.4 Å². The Morgan fingerprint density at radius 1 is 1.50 bits per heavy atom. The lowest BCUT2D eigenvalue weighted by Crippen LogP contribution is -2.30. The summed E-state index contributed by atoms with van der Waals surface area (Å²) < 4.78 is 1.86. The minimum Gasteiger partial charge on any atom is -0.390 e. The summed E-state index contributed by atoms with van der Waals surface area (Å²) in [6, 6.07) is 2.00. The van der Waals surface area contributed by atoms with Gasteiger partial charge in [0.2, 0.25) is 0 Å². The van der Waals surface area contributed by atoms with Crippen LogP contribution in [0.25, 0.3) is 0 Å². The van der Waals surface area contributed by atoms with Gasteiger partial charge in [-0.3, -0.25) is 4.68 Å². The number of aliphatic hydroxyl groups is 1. The fourth-order valence-electron chi connectivity index (χ4n) is 1.70. The van der Waals surface area contributed by atoms with Crippen LogP contribution in [0, 0.1) is 0 Å². The summed E-state index contributed by atoms with van der Waals surface area (Å²) in [4.78, 5) is 0. The van der Waals surface area contributed by atoms with Crippen LogP contribution in [0.5, 0.6) is 0 Å². The number of aryl methyl sites for hydroxylation is 2. The Morgan fingerprint density at radius 3 is 2.81 bits per heavy atom. The van der Waals surface area contributed by atoms with Crippen LogP contribution in [0.4, 0.5) is 0 Å². The molecule has 0 aromatic carbocycles. The van der Waals surface area contributed by atoms with Gasteiger partial charge in [-0.25, -0.2) is 0 Å². The van der Waals surface area contributed by atoms with Gasteiger partial charge < -0.3 is 10.4 Å². The number of nitrogens with one attached hydrogen (secondary N) is 1. The number of rotatable bonds is 7. The van der Waals surface area contributed by atoms with E-state index in [1.54, 1.807) is 6.20 Å². The van der Waals surface area contributed by atoms with Crippen LogP contribution >= 0.6 is 0 Å². The van der Waals surface area contributed by atoms with Crippen molar-refractivity contribution in [2.24, 2.45) is 7.05 Å². The minimum atomic E-state index is -0.591. The minimum absolute atomic E-state index is 0.591. The smallest absolute Gasteiger partial charge is 0.0635 e. The molecule has 0 amide bonds. The first-order valence-corrected chi connectivity index (χ1v) is 5.95. The molecule has 4 heteroatoms. The van der Waals surface area contributed by atoms with E-state index < -0.39 is 5.60 Å². The van der Waals surface area contributed by atoms with Gasteiger partial charge in [-0.05, 0) is 45.3 Å². The first kappa shape index (κ1) is 13.2. The van der Waals surface area contributed by atoms with Gasteiger partial charge in [0.15, 0.2) is 0 Å². The second-order valence-corrected chi connectivity index (χ2v) is 4.55. The van der Waals surface area contributed by atoms with Crippen LogP contribution < -0.4 is 5.32 Å². The van der Waals surface area contributed by atoms with Gasteiger partial charge in [-0.2, -0.15) is 5.10 Å². The first-order valence-electron chi connectivity index (χ1n) is 5.95. The Bertz CT molecular complexity index is 307. The monoisotopic (exact) mass is 225 g/mol. The van der Waals surface area contributed by atoms with Crippen molar-refractivity contribution in [1.29, 1.82) is 0 Å².